The van der Waals surface area contributed by atoms with Crippen molar-refractivity contribution in [1.29, 1.82) is 0 Å². The maximum atomic E-state index is 12.2. The Morgan fingerprint density at radius 2 is 1.73 bits per heavy atom. The van der Waals surface area contributed by atoms with E-state index in [0.29, 0.717) is 44.9 Å². The zero-order valence-electron chi connectivity index (χ0n) is 16.2. The van der Waals surface area contributed by atoms with Crippen molar-refractivity contribution in [3.63, 3.8) is 0 Å². The van der Waals surface area contributed by atoms with E-state index in [9.17, 15) is 9.59 Å². The van der Waals surface area contributed by atoms with Crippen LogP contribution in [0.5, 0.6) is 0 Å². The molecule has 3 rings (SSSR count). The van der Waals surface area contributed by atoms with Crippen LogP contribution in [0.25, 0.3) is 17.4 Å². The van der Waals surface area contributed by atoms with E-state index in [-0.39, 0.29) is 11.8 Å². The molecule has 0 aliphatic rings. The Morgan fingerprint density at radius 1 is 1.00 bits per heavy atom. The fourth-order valence-electron chi connectivity index (χ4n) is 2.75. The number of hydrogen-bond acceptors (Lipinski definition) is 3. The van der Waals surface area contributed by atoms with E-state index in [4.69, 9.17) is 27.6 Å². The topological polar surface area (TPSA) is 71.3 Å². The smallest absolute Gasteiger partial charge is 0.248 e. The lowest BCUT2D eigenvalue weighted by Gasteiger charge is -2.07. The second-order valence-electron chi connectivity index (χ2n) is 6.50. The molecule has 0 unspecified atom stereocenters. The Morgan fingerprint density at radius 3 is 2.50 bits per heavy atom. The highest BCUT2D eigenvalue weighted by atomic mass is 35.5. The lowest BCUT2D eigenvalue weighted by atomic mass is 10.2. The zero-order chi connectivity index (χ0) is 21.5. The summed E-state index contributed by atoms with van der Waals surface area (Å²) in [5.74, 6) is 0.662. The molecule has 1 aromatic heterocycles. The maximum Gasteiger partial charge on any atom is 0.248 e. The first kappa shape index (κ1) is 21.7. The van der Waals surface area contributed by atoms with Gasteiger partial charge in [0.1, 0.15) is 11.5 Å². The van der Waals surface area contributed by atoms with Crippen LogP contribution in [-0.2, 0) is 9.59 Å². The lowest BCUT2D eigenvalue weighted by molar-refractivity contribution is -0.116. The summed E-state index contributed by atoms with van der Waals surface area (Å²) in [7, 11) is 0. The highest BCUT2D eigenvalue weighted by Crippen LogP contribution is 2.34. The molecule has 2 amide bonds. The Balaban J connectivity index is 1.64. The average molecular weight is 443 g/mol. The van der Waals surface area contributed by atoms with Crippen molar-refractivity contribution in [1.82, 2.24) is 0 Å². The van der Waals surface area contributed by atoms with Crippen molar-refractivity contribution in [3.05, 3.63) is 76.5 Å². The van der Waals surface area contributed by atoms with Gasteiger partial charge in [-0.2, -0.15) is 0 Å². The van der Waals surface area contributed by atoms with Crippen LogP contribution < -0.4 is 10.6 Å². The fraction of sp³-hybridized carbons (Fsp3) is 0.130. The molecule has 0 saturated heterocycles. The molecule has 3 aromatic rings. The quantitative estimate of drug-likeness (QED) is 0.402. The van der Waals surface area contributed by atoms with Crippen molar-refractivity contribution in [2.45, 2.75) is 19.8 Å². The number of benzene rings is 2. The molecule has 1 heterocycles. The molecule has 0 atom stereocenters. The molecule has 5 nitrogen and oxygen atoms in total. The molecule has 0 fully saturated rings. The summed E-state index contributed by atoms with van der Waals surface area (Å²) in [5.41, 5.74) is 1.88. The average Bonchev–Trinajstić information content (AvgIpc) is 3.18. The highest BCUT2D eigenvalue weighted by Gasteiger charge is 2.10. The molecule has 7 heteroatoms. The predicted molar refractivity (Wildman–Crippen MR) is 122 cm³/mol. The van der Waals surface area contributed by atoms with Gasteiger partial charge in [-0.1, -0.05) is 42.3 Å². The van der Waals surface area contributed by atoms with Gasteiger partial charge in [0, 0.05) is 29.4 Å². The number of amides is 2. The summed E-state index contributed by atoms with van der Waals surface area (Å²) in [5, 5.41) is 6.40. The zero-order valence-corrected chi connectivity index (χ0v) is 17.8. The molecule has 30 heavy (non-hydrogen) atoms. The Kier molecular flexibility index (Phi) is 7.33. The van der Waals surface area contributed by atoms with Crippen LogP contribution in [0.2, 0.25) is 10.0 Å². The SMILES string of the molecule is CCCC(=O)Nc1cccc(NC(=O)C=Cc2ccc(-c3cccc(Cl)c3Cl)o2)c1. The Labute approximate surface area is 184 Å². The number of nitrogens with one attached hydrogen (secondary N) is 2. The van der Waals surface area contributed by atoms with Gasteiger partial charge in [0.05, 0.1) is 10.0 Å². The number of rotatable bonds is 7. The molecule has 0 aliphatic heterocycles. The summed E-state index contributed by atoms with van der Waals surface area (Å²) >= 11 is 12.3. The second-order valence-corrected chi connectivity index (χ2v) is 7.29. The van der Waals surface area contributed by atoms with Crippen LogP contribution in [0.4, 0.5) is 11.4 Å². The van der Waals surface area contributed by atoms with Crippen molar-refractivity contribution in [2.75, 3.05) is 10.6 Å². The minimum atomic E-state index is -0.328. The summed E-state index contributed by atoms with van der Waals surface area (Å²) in [6, 6.07) is 15.8. The van der Waals surface area contributed by atoms with E-state index < -0.39 is 0 Å². The molecule has 0 aliphatic carbocycles. The molecule has 0 spiro atoms. The van der Waals surface area contributed by atoms with E-state index in [2.05, 4.69) is 10.6 Å². The summed E-state index contributed by atoms with van der Waals surface area (Å²) in [6.07, 6.45) is 4.14. The Hall–Kier alpha value is -3.02. The van der Waals surface area contributed by atoms with Crippen molar-refractivity contribution in [2.24, 2.45) is 0 Å². The van der Waals surface area contributed by atoms with Gasteiger partial charge in [0.15, 0.2) is 0 Å². The van der Waals surface area contributed by atoms with Gasteiger partial charge in [-0.05, 0) is 55.0 Å². The lowest BCUT2D eigenvalue weighted by Crippen LogP contribution is -2.11. The van der Waals surface area contributed by atoms with Crippen molar-refractivity contribution < 1.29 is 14.0 Å². The third-order valence-electron chi connectivity index (χ3n) is 4.13. The molecular formula is C23H20Cl2N2O3. The third-order valence-corrected chi connectivity index (χ3v) is 4.95. The minimum Gasteiger partial charge on any atom is -0.457 e. The van der Waals surface area contributed by atoms with Gasteiger partial charge in [-0.3, -0.25) is 9.59 Å². The number of halogens is 2. The summed E-state index contributed by atoms with van der Waals surface area (Å²) in [4.78, 5) is 23.9. The van der Waals surface area contributed by atoms with Gasteiger partial charge in [0.2, 0.25) is 11.8 Å². The van der Waals surface area contributed by atoms with Gasteiger partial charge < -0.3 is 15.1 Å². The highest BCUT2D eigenvalue weighted by molar-refractivity contribution is 6.43. The molecule has 0 radical (unpaired) electrons. The molecule has 0 bridgehead atoms. The van der Waals surface area contributed by atoms with E-state index in [1.54, 1.807) is 60.7 Å². The predicted octanol–water partition coefficient (Wildman–Crippen LogP) is 6.64. The van der Waals surface area contributed by atoms with Crippen LogP contribution in [0.1, 0.15) is 25.5 Å². The molecule has 0 saturated carbocycles. The molecule has 154 valence electrons. The molecule has 2 N–H and O–H groups in total. The molecular weight excluding hydrogens is 423 g/mol. The normalized spacial score (nSPS) is 10.9. The number of carbonyl (C=O) groups excluding carboxylic acids is 2. The van der Waals surface area contributed by atoms with E-state index in [1.165, 1.54) is 6.08 Å². The van der Waals surface area contributed by atoms with E-state index in [0.717, 1.165) is 6.42 Å². The van der Waals surface area contributed by atoms with Crippen LogP contribution in [0, 0.1) is 0 Å². The van der Waals surface area contributed by atoms with Crippen molar-refractivity contribution >= 4 is 52.5 Å². The van der Waals surface area contributed by atoms with Gasteiger partial charge in [0.25, 0.3) is 0 Å². The number of hydrogen-bond donors (Lipinski definition) is 2. The van der Waals surface area contributed by atoms with Gasteiger partial charge in [-0.25, -0.2) is 0 Å². The minimum absolute atomic E-state index is 0.0608. The number of carbonyl (C=O) groups is 2. The van der Waals surface area contributed by atoms with Crippen LogP contribution >= 0.6 is 23.2 Å². The monoisotopic (exact) mass is 442 g/mol. The number of furan rings is 1. The van der Waals surface area contributed by atoms with E-state index >= 15 is 0 Å². The van der Waals surface area contributed by atoms with Crippen LogP contribution in [0.3, 0.4) is 0 Å². The molecule has 2 aromatic carbocycles. The standard InChI is InChI=1S/C23H20Cl2N2O3/c1-2-5-21(28)26-15-6-3-7-16(14-15)27-22(29)13-11-17-10-12-20(30-17)18-8-4-9-19(24)23(18)25/h3-4,6-14H,2,5H2,1H3,(H,26,28)(H,27,29). The first-order valence-electron chi connectivity index (χ1n) is 9.39. The fourth-order valence-corrected chi connectivity index (χ4v) is 3.14. The Bertz CT molecular complexity index is 1090. The summed E-state index contributed by atoms with van der Waals surface area (Å²) in [6.45, 7) is 1.94. The van der Waals surface area contributed by atoms with Crippen molar-refractivity contribution in [3.8, 4) is 11.3 Å². The first-order chi connectivity index (χ1) is 14.5. The number of anilines is 2. The van der Waals surface area contributed by atoms with Crippen LogP contribution in [-0.4, -0.2) is 11.8 Å². The summed E-state index contributed by atoms with van der Waals surface area (Å²) < 4.78 is 5.73. The van der Waals surface area contributed by atoms with Crippen LogP contribution in [0.15, 0.2) is 65.1 Å². The third kappa shape index (κ3) is 5.75. The first-order valence-corrected chi connectivity index (χ1v) is 10.1. The van der Waals surface area contributed by atoms with Gasteiger partial charge >= 0.3 is 0 Å². The maximum absolute atomic E-state index is 12.2. The largest absolute Gasteiger partial charge is 0.457 e. The van der Waals surface area contributed by atoms with Gasteiger partial charge in [-0.15, -0.1) is 0 Å². The second kappa shape index (κ2) is 10.1. The van der Waals surface area contributed by atoms with E-state index in [1.807, 2.05) is 6.92 Å².